The largest absolute Gasteiger partial charge is 0.489 e. The number of anilines is 2. The van der Waals surface area contributed by atoms with Gasteiger partial charge in [-0.05, 0) is 55.1 Å². The molecule has 1 heterocycles. The maximum atomic E-state index is 13.0. The van der Waals surface area contributed by atoms with Crippen molar-refractivity contribution in [3.63, 3.8) is 0 Å². The van der Waals surface area contributed by atoms with E-state index in [1.807, 2.05) is 37.4 Å². The summed E-state index contributed by atoms with van der Waals surface area (Å²) in [6.45, 7) is 5.57. The molecular weight excluding hydrogens is 476 g/mol. The Balaban J connectivity index is 1.48. The van der Waals surface area contributed by atoms with Gasteiger partial charge in [-0.15, -0.1) is 0 Å². The number of nitrogens with zero attached hydrogens (tertiary/aromatic N) is 2. The molecule has 0 aromatic heterocycles. The Kier molecular flexibility index (Phi) is 8.25. The van der Waals surface area contributed by atoms with Gasteiger partial charge in [-0.3, -0.25) is 4.79 Å². The normalized spacial score (nSPS) is 14.4. The summed E-state index contributed by atoms with van der Waals surface area (Å²) in [7, 11) is -1.72. The zero-order chi connectivity index (χ0) is 25.5. The molecule has 3 aromatic carbocycles. The Hall–Kier alpha value is -3.40. The number of piperazine rings is 1. The number of sulfonamides is 1. The second-order valence-electron chi connectivity index (χ2n) is 8.73. The zero-order valence-corrected chi connectivity index (χ0v) is 21.4. The van der Waals surface area contributed by atoms with Crippen LogP contribution in [0.3, 0.4) is 0 Å². The van der Waals surface area contributed by atoms with Gasteiger partial charge in [0, 0.05) is 44.0 Å². The number of rotatable bonds is 9. The number of hydrogen-bond acceptors (Lipinski definition) is 6. The molecule has 4 rings (SSSR count). The summed E-state index contributed by atoms with van der Waals surface area (Å²) in [5.41, 5.74) is 2.54. The van der Waals surface area contributed by atoms with Gasteiger partial charge in [0.05, 0.1) is 5.69 Å². The molecule has 1 aliphatic heterocycles. The SMILES string of the molecule is CCNS(=O)(=O)c1cc(C(=O)Nc2ccc(OCc3ccccc3)cc2)ccc1N1CCN(C)CC1. The van der Waals surface area contributed by atoms with Crippen molar-refractivity contribution in [2.45, 2.75) is 18.4 Å². The molecule has 0 aliphatic carbocycles. The zero-order valence-electron chi connectivity index (χ0n) is 20.6. The number of amides is 1. The second kappa shape index (κ2) is 11.6. The monoisotopic (exact) mass is 508 g/mol. The lowest BCUT2D eigenvalue weighted by molar-refractivity contribution is 0.102. The van der Waals surface area contributed by atoms with Crippen LogP contribution < -0.4 is 19.7 Å². The molecule has 0 radical (unpaired) electrons. The van der Waals surface area contributed by atoms with Crippen LogP contribution in [0.4, 0.5) is 11.4 Å². The van der Waals surface area contributed by atoms with Crippen molar-refractivity contribution in [3.05, 3.63) is 83.9 Å². The topological polar surface area (TPSA) is 91.0 Å². The highest BCUT2D eigenvalue weighted by atomic mass is 32.2. The van der Waals surface area contributed by atoms with Gasteiger partial charge in [0.25, 0.3) is 5.91 Å². The average Bonchev–Trinajstić information content (AvgIpc) is 2.89. The van der Waals surface area contributed by atoms with E-state index in [9.17, 15) is 13.2 Å². The molecular formula is C27H32N4O4S. The van der Waals surface area contributed by atoms with Crippen molar-refractivity contribution >= 4 is 27.3 Å². The molecule has 0 atom stereocenters. The molecule has 190 valence electrons. The van der Waals surface area contributed by atoms with E-state index in [0.717, 1.165) is 31.7 Å². The van der Waals surface area contributed by atoms with Gasteiger partial charge in [0.2, 0.25) is 10.0 Å². The average molecular weight is 509 g/mol. The molecule has 0 spiro atoms. The highest BCUT2D eigenvalue weighted by Gasteiger charge is 2.25. The molecule has 0 saturated carbocycles. The lowest BCUT2D eigenvalue weighted by Crippen LogP contribution is -2.45. The highest BCUT2D eigenvalue weighted by Crippen LogP contribution is 2.28. The van der Waals surface area contributed by atoms with Crippen LogP contribution in [-0.2, 0) is 16.6 Å². The van der Waals surface area contributed by atoms with Crippen LogP contribution in [0.2, 0.25) is 0 Å². The maximum Gasteiger partial charge on any atom is 0.255 e. The van der Waals surface area contributed by atoms with Crippen molar-refractivity contribution in [1.29, 1.82) is 0 Å². The summed E-state index contributed by atoms with van der Waals surface area (Å²) in [6, 6.07) is 21.8. The molecule has 9 heteroatoms. The van der Waals surface area contributed by atoms with E-state index in [0.29, 0.717) is 23.7 Å². The summed E-state index contributed by atoms with van der Waals surface area (Å²) < 4.78 is 34.4. The molecule has 1 amide bonds. The van der Waals surface area contributed by atoms with Crippen LogP contribution in [0.25, 0.3) is 0 Å². The van der Waals surface area contributed by atoms with Gasteiger partial charge in [-0.2, -0.15) is 0 Å². The van der Waals surface area contributed by atoms with E-state index < -0.39 is 10.0 Å². The van der Waals surface area contributed by atoms with E-state index in [4.69, 9.17) is 4.74 Å². The minimum atomic E-state index is -3.77. The van der Waals surface area contributed by atoms with Crippen molar-refractivity contribution in [2.24, 2.45) is 0 Å². The van der Waals surface area contributed by atoms with Crippen molar-refractivity contribution in [1.82, 2.24) is 9.62 Å². The molecule has 0 bridgehead atoms. The molecule has 2 N–H and O–H groups in total. The van der Waals surface area contributed by atoms with Gasteiger partial charge in [-0.1, -0.05) is 37.3 Å². The smallest absolute Gasteiger partial charge is 0.255 e. The lowest BCUT2D eigenvalue weighted by atomic mass is 10.1. The van der Waals surface area contributed by atoms with Gasteiger partial charge in [-0.25, -0.2) is 13.1 Å². The molecule has 1 aliphatic rings. The Bertz CT molecular complexity index is 1270. The number of ether oxygens (including phenoxy) is 1. The summed E-state index contributed by atoms with van der Waals surface area (Å²) in [6.07, 6.45) is 0. The van der Waals surface area contributed by atoms with E-state index in [2.05, 4.69) is 19.8 Å². The molecule has 0 unspecified atom stereocenters. The van der Waals surface area contributed by atoms with Crippen LogP contribution in [0, 0.1) is 0 Å². The molecule has 3 aromatic rings. The predicted molar refractivity (Wildman–Crippen MR) is 142 cm³/mol. The van der Waals surface area contributed by atoms with Crippen LogP contribution in [0.15, 0.2) is 77.7 Å². The Morgan fingerprint density at radius 1 is 0.944 bits per heavy atom. The first-order valence-corrected chi connectivity index (χ1v) is 13.5. The second-order valence-corrected chi connectivity index (χ2v) is 10.5. The Morgan fingerprint density at radius 3 is 2.31 bits per heavy atom. The van der Waals surface area contributed by atoms with Gasteiger partial charge in [0.15, 0.2) is 0 Å². The van der Waals surface area contributed by atoms with Crippen molar-refractivity contribution in [2.75, 3.05) is 50.0 Å². The van der Waals surface area contributed by atoms with Crippen molar-refractivity contribution < 1.29 is 17.9 Å². The van der Waals surface area contributed by atoms with Crippen LogP contribution in [0.1, 0.15) is 22.8 Å². The van der Waals surface area contributed by atoms with Gasteiger partial charge < -0.3 is 19.9 Å². The number of nitrogens with one attached hydrogen (secondary N) is 2. The maximum absolute atomic E-state index is 13.0. The number of carbonyl (C=O) groups is 1. The quantitative estimate of drug-likeness (QED) is 0.459. The fourth-order valence-electron chi connectivity index (χ4n) is 4.03. The third-order valence-corrected chi connectivity index (χ3v) is 7.63. The van der Waals surface area contributed by atoms with Crippen molar-refractivity contribution in [3.8, 4) is 5.75 Å². The van der Waals surface area contributed by atoms with E-state index in [1.54, 1.807) is 43.3 Å². The van der Waals surface area contributed by atoms with Crippen LogP contribution in [0.5, 0.6) is 5.75 Å². The Morgan fingerprint density at radius 2 is 1.64 bits per heavy atom. The molecule has 1 fully saturated rings. The lowest BCUT2D eigenvalue weighted by Gasteiger charge is -2.35. The fourth-order valence-corrected chi connectivity index (χ4v) is 5.32. The molecule has 36 heavy (non-hydrogen) atoms. The summed E-state index contributed by atoms with van der Waals surface area (Å²) in [5, 5.41) is 2.84. The fraction of sp³-hybridized carbons (Fsp3) is 0.296. The number of benzene rings is 3. The van der Waals surface area contributed by atoms with E-state index >= 15 is 0 Å². The van der Waals surface area contributed by atoms with E-state index in [1.165, 1.54) is 6.07 Å². The third-order valence-electron chi connectivity index (χ3n) is 6.05. The highest BCUT2D eigenvalue weighted by molar-refractivity contribution is 7.89. The molecule has 8 nitrogen and oxygen atoms in total. The third kappa shape index (κ3) is 6.42. The van der Waals surface area contributed by atoms with Gasteiger partial charge in [0.1, 0.15) is 17.3 Å². The summed E-state index contributed by atoms with van der Waals surface area (Å²) >= 11 is 0. The van der Waals surface area contributed by atoms with Gasteiger partial charge >= 0.3 is 0 Å². The Labute approximate surface area is 212 Å². The summed E-state index contributed by atoms with van der Waals surface area (Å²) in [5.74, 6) is 0.304. The van der Waals surface area contributed by atoms with Crippen LogP contribution >= 0.6 is 0 Å². The van der Waals surface area contributed by atoms with Crippen LogP contribution in [-0.4, -0.2) is 59.0 Å². The van der Waals surface area contributed by atoms with E-state index in [-0.39, 0.29) is 22.9 Å². The first kappa shape index (κ1) is 25.7. The minimum Gasteiger partial charge on any atom is -0.489 e. The minimum absolute atomic E-state index is 0.117. The number of carbonyl (C=O) groups excluding carboxylic acids is 1. The number of hydrogen-bond donors (Lipinski definition) is 2. The first-order chi connectivity index (χ1) is 17.4. The number of likely N-dealkylation sites (N-methyl/N-ethyl adjacent to an activating group) is 1. The standard InChI is InChI=1S/C27H32N4O4S/c1-3-28-36(33,34)26-19-22(9-14-25(26)31-17-15-30(2)16-18-31)27(32)29-23-10-12-24(13-11-23)35-20-21-7-5-4-6-8-21/h4-14,19,28H,3,15-18,20H2,1-2H3,(H,29,32). The molecule has 1 saturated heterocycles. The predicted octanol–water partition coefficient (Wildman–Crippen LogP) is 3.57. The first-order valence-electron chi connectivity index (χ1n) is 12.0. The summed E-state index contributed by atoms with van der Waals surface area (Å²) in [4.78, 5) is 17.4.